The molecule has 0 N–H and O–H groups in total. The third kappa shape index (κ3) is 4.31. The molecule has 5 rings (SSSR count). The van der Waals surface area contributed by atoms with E-state index in [9.17, 15) is 9.59 Å². The molecule has 1 aromatic heterocycles. The highest BCUT2D eigenvalue weighted by molar-refractivity contribution is 5.92. The first-order chi connectivity index (χ1) is 15.1. The fourth-order valence-electron chi connectivity index (χ4n) is 5.71. The predicted octanol–water partition coefficient (Wildman–Crippen LogP) is 4.64. The number of nitrogens with zero attached hydrogens (tertiary/aromatic N) is 3. The van der Waals surface area contributed by atoms with Crippen molar-refractivity contribution in [3.05, 3.63) is 53.3 Å². The summed E-state index contributed by atoms with van der Waals surface area (Å²) < 4.78 is 7.59. The Labute approximate surface area is 183 Å². The monoisotopic (exact) mass is 421 g/mol. The van der Waals surface area contributed by atoms with E-state index in [2.05, 4.69) is 29.4 Å². The van der Waals surface area contributed by atoms with E-state index >= 15 is 0 Å². The minimum absolute atomic E-state index is 0.126. The average molecular weight is 422 g/mol. The van der Waals surface area contributed by atoms with Crippen molar-refractivity contribution in [3.63, 3.8) is 0 Å². The van der Waals surface area contributed by atoms with E-state index in [0.29, 0.717) is 24.1 Å². The minimum Gasteiger partial charge on any atom is -0.374 e. The van der Waals surface area contributed by atoms with Crippen molar-refractivity contribution in [1.29, 1.82) is 0 Å². The lowest BCUT2D eigenvalue weighted by atomic mass is 9.96. The fraction of sp³-hybridized carbons (Fsp3) is 0.560. The molecule has 6 nitrogen and oxygen atoms in total. The second kappa shape index (κ2) is 8.58. The Morgan fingerprint density at radius 2 is 1.84 bits per heavy atom. The van der Waals surface area contributed by atoms with Gasteiger partial charge in [-0.25, -0.2) is 4.79 Å². The smallest absolute Gasteiger partial charge is 0.344 e. The SMILES string of the molecule is CC(=O)c1ccn(C(=O)N2C[C@H]3CC(OCc4cccc(C5CCCC5)c4)C[C@H]3C2)n1. The normalized spacial score (nSPS) is 25.8. The Morgan fingerprint density at radius 1 is 1.10 bits per heavy atom. The third-order valence-electron chi connectivity index (χ3n) is 7.39. The van der Waals surface area contributed by atoms with E-state index in [1.807, 2.05) is 4.90 Å². The summed E-state index contributed by atoms with van der Waals surface area (Å²) in [5.74, 6) is 1.58. The first-order valence-electron chi connectivity index (χ1n) is 11.6. The summed E-state index contributed by atoms with van der Waals surface area (Å²) in [4.78, 5) is 26.0. The van der Waals surface area contributed by atoms with Gasteiger partial charge in [-0.2, -0.15) is 9.78 Å². The number of likely N-dealkylation sites (tertiary alicyclic amines) is 1. The topological polar surface area (TPSA) is 64.4 Å². The number of hydrogen-bond acceptors (Lipinski definition) is 4. The number of Topliss-reactive ketones (excluding diaryl/α,β-unsaturated/α-hetero) is 1. The van der Waals surface area contributed by atoms with E-state index in [-0.39, 0.29) is 17.9 Å². The molecule has 1 aliphatic heterocycles. The Morgan fingerprint density at radius 3 is 2.52 bits per heavy atom. The van der Waals surface area contributed by atoms with Crippen LogP contribution in [0, 0.1) is 11.8 Å². The van der Waals surface area contributed by atoms with Crippen LogP contribution in [0.3, 0.4) is 0 Å². The molecular weight excluding hydrogens is 390 g/mol. The number of rotatable bonds is 5. The molecule has 1 amide bonds. The van der Waals surface area contributed by atoms with Gasteiger partial charge in [-0.1, -0.05) is 37.1 Å². The maximum Gasteiger partial charge on any atom is 0.344 e. The molecule has 2 aromatic rings. The summed E-state index contributed by atoms with van der Waals surface area (Å²) in [7, 11) is 0. The van der Waals surface area contributed by atoms with Crippen molar-refractivity contribution >= 4 is 11.8 Å². The van der Waals surface area contributed by atoms with E-state index in [1.165, 1.54) is 48.4 Å². The second-order valence-corrected chi connectivity index (χ2v) is 9.54. The number of carbonyl (C=O) groups is 2. The Bertz CT molecular complexity index is 948. The molecule has 2 aliphatic carbocycles. The Hall–Kier alpha value is -2.47. The quantitative estimate of drug-likeness (QED) is 0.660. The molecule has 0 spiro atoms. The standard InChI is InChI=1S/C25H31N3O3/c1-17(29)24-9-10-28(26-24)25(30)27-14-21-12-23(13-22(21)15-27)31-16-18-5-4-8-20(11-18)19-6-2-3-7-19/h4-5,8-11,19,21-23H,2-3,6-7,12-16H2,1H3/t21-,22+,23?. The number of amides is 1. The lowest BCUT2D eigenvalue weighted by Crippen LogP contribution is -2.34. The highest BCUT2D eigenvalue weighted by atomic mass is 16.5. The number of ketones is 1. The van der Waals surface area contributed by atoms with E-state index in [0.717, 1.165) is 31.8 Å². The van der Waals surface area contributed by atoms with Crippen LogP contribution < -0.4 is 0 Å². The maximum atomic E-state index is 12.7. The Balaban J connectivity index is 1.12. The molecule has 164 valence electrons. The van der Waals surface area contributed by atoms with Crippen molar-refractivity contribution in [1.82, 2.24) is 14.7 Å². The summed E-state index contributed by atoms with van der Waals surface area (Å²) in [5, 5.41) is 4.11. The van der Waals surface area contributed by atoms with Crippen LogP contribution >= 0.6 is 0 Å². The second-order valence-electron chi connectivity index (χ2n) is 9.54. The van der Waals surface area contributed by atoms with Gasteiger partial charge in [0.15, 0.2) is 5.78 Å². The van der Waals surface area contributed by atoms with Gasteiger partial charge < -0.3 is 9.64 Å². The van der Waals surface area contributed by atoms with Gasteiger partial charge in [-0.3, -0.25) is 4.79 Å². The highest BCUT2D eigenvalue weighted by Crippen LogP contribution is 2.40. The van der Waals surface area contributed by atoms with Crippen molar-refractivity contribution in [2.24, 2.45) is 11.8 Å². The van der Waals surface area contributed by atoms with Gasteiger partial charge >= 0.3 is 6.03 Å². The van der Waals surface area contributed by atoms with Crippen molar-refractivity contribution < 1.29 is 14.3 Å². The van der Waals surface area contributed by atoms with Crippen LogP contribution in [-0.4, -0.2) is 45.7 Å². The summed E-state index contributed by atoms with van der Waals surface area (Å²) in [6.07, 6.45) is 9.22. The molecule has 0 bridgehead atoms. The van der Waals surface area contributed by atoms with E-state index in [4.69, 9.17) is 4.74 Å². The van der Waals surface area contributed by atoms with Gasteiger partial charge in [-0.05, 0) is 60.6 Å². The third-order valence-corrected chi connectivity index (χ3v) is 7.39. The van der Waals surface area contributed by atoms with Gasteiger partial charge in [0.25, 0.3) is 0 Å². The zero-order valence-corrected chi connectivity index (χ0v) is 18.2. The predicted molar refractivity (Wildman–Crippen MR) is 117 cm³/mol. The number of benzene rings is 1. The van der Waals surface area contributed by atoms with Gasteiger partial charge in [0, 0.05) is 26.2 Å². The van der Waals surface area contributed by atoms with E-state index in [1.54, 1.807) is 12.3 Å². The number of aromatic nitrogens is 2. The molecule has 1 unspecified atom stereocenters. The Kier molecular flexibility index (Phi) is 5.65. The first kappa shape index (κ1) is 20.4. The first-order valence-corrected chi connectivity index (χ1v) is 11.6. The van der Waals surface area contributed by atoms with Crippen molar-refractivity contribution in [2.75, 3.05) is 13.1 Å². The summed E-state index contributed by atoms with van der Waals surface area (Å²) in [5.41, 5.74) is 3.08. The number of fused-ring (bicyclic) bond motifs is 1. The number of hydrogen-bond donors (Lipinski definition) is 0. The molecule has 3 aliphatic rings. The molecule has 1 saturated heterocycles. The zero-order chi connectivity index (χ0) is 21.4. The summed E-state index contributed by atoms with van der Waals surface area (Å²) in [6.45, 7) is 3.63. The van der Waals surface area contributed by atoms with Crippen LogP contribution in [0.2, 0.25) is 0 Å². The van der Waals surface area contributed by atoms with Gasteiger partial charge in [-0.15, -0.1) is 0 Å². The van der Waals surface area contributed by atoms with E-state index < -0.39 is 0 Å². The van der Waals surface area contributed by atoms with Crippen molar-refractivity contribution in [2.45, 2.75) is 64.1 Å². The molecule has 31 heavy (non-hydrogen) atoms. The molecule has 1 aromatic carbocycles. The summed E-state index contributed by atoms with van der Waals surface area (Å²) >= 11 is 0. The molecule has 3 atom stereocenters. The molecular formula is C25H31N3O3. The highest BCUT2D eigenvalue weighted by Gasteiger charge is 2.43. The lowest BCUT2D eigenvalue weighted by Gasteiger charge is -2.19. The van der Waals surface area contributed by atoms with Crippen LogP contribution in [0.25, 0.3) is 0 Å². The van der Waals surface area contributed by atoms with Gasteiger partial charge in [0.2, 0.25) is 0 Å². The summed E-state index contributed by atoms with van der Waals surface area (Å²) in [6, 6.07) is 10.4. The number of carbonyl (C=O) groups excluding carboxylic acids is 2. The fourth-order valence-corrected chi connectivity index (χ4v) is 5.71. The molecule has 2 saturated carbocycles. The molecule has 0 radical (unpaired) electrons. The molecule has 3 fully saturated rings. The van der Waals surface area contributed by atoms with Gasteiger partial charge in [0.05, 0.1) is 12.7 Å². The minimum atomic E-state index is -0.136. The maximum absolute atomic E-state index is 12.7. The van der Waals surface area contributed by atoms with Gasteiger partial charge in [0.1, 0.15) is 5.69 Å². The number of ether oxygens (including phenoxy) is 1. The molecule has 6 heteroatoms. The zero-order valence-electron chi connectivity index (χ0n) is 18.2. The lowest BCUT2D eigenvalue weighted by molar-refractivity contribution is 0.0383. The largest absolute Gasteiger partial charge is 0.374 e. The van der Waals surface area contributed by atoms with Crippen molar-refractivity contribution in [3.8, 4) is 0 Å². The van der Waals surface area contributed by atoms with Crippen LogP contribution in [0.5, 0.6) is 0 Å². The van der Waals surface area contributed by atoms with Crippen LogP contribution in [0.15, 0.2) is 36.5 Å². The van der Waals surface area contributed by atoms with Crippen LogP contribution in [0.1, 0.15) is 73.0 Å². The molecule has 2 heterocycles. The van der Waals surface area contributed by atoms with Crippen LogP contribution in [-0.2, 0) is 11.3 Å². The van der Waals surface area contributed by atoms with Crippen LogP contribution in [0.4, 0.5) is 4.79 Å². The average Bonchev–Trinajstić information content (AvgIpc) is 3.55.